The molecule has 0 fully saturated rings. The van der Waals surface area contributed by atoms with Crippen molar-refractivity contribution in [2.24, 2.45) is 0 Å². The molecular formula is C11H12BrNOS. The first-order valence-corrected chi connectivity index (χ1v) is 6.46. The molecule has 2 heterocycles. The van der Waals surface area contributed by atoms with Crippen molar-refractivity contribution in [3.05, 3.63) is 45.0 Å². The van der Waals surface area contributed by atoms with Crippen LogP contribution in [-0.4, -0.2) is 7.05 Å². The summed E-state index contributed by atoms with van der Waals surface area (Å²) >= 11 is 5.14. The smallest absolute Gasteiger partial charge is 0.173 e. The number of hydrogen-bond acceptors (Lipinski definition) is 3. The highest BCUT2D eigenvalue weighted by Gasteiger charge is 2.15. The van der Waals surface area contributed by atoms with Gasteiger partial charge in [-0.05, 0) is 57.9 Å². The van der Waals surface area contributed by atoms with Gasteiger partial charge in [0.05, 0.1) is 6.26 Å². The van der Waals surface area contributed by atoms with Crippen LogP contribution in [0, 0.1) is 0 Å². The Labute approximate surface area is 101 Å². The van der Waals surface area contributed by atoms with Gasteiger partial charge in [-0.1, -0.05) is 0 Å². The van der Waals surface area contributed by atoms with Gasteiger partial charge >= 0.3 is 0 Å². The first-order valence-electron chi connectivity index (χ1n) is 4.72. The first kappa shape index (κ1) is 10.9. The average molecular weight is 286 g/mol. The van der Waals surface area contributed by atoms with Gasteiger partial charge in [-0.15, -0.1) is 0 Å². The topological polar surface area (TPSA) is 25.2 Å². The molecule has 4 heteroatoms. The van der Waals surface area contributed by atoms with Crippen LogP contribution in [0.15, 0.2) is 38.2 Å². The standard InChI is InChI=1S/C11H12BrNOS/c1-13-10(6-8-3-5-15-7-8)9-2-4-14-11(9)12/h2-5,7,10,13H,6H2,1H3. The maximum absolute atomic E-state index is 5.25. The predicted molar refractivity (Wildman–Crippen MR) is 66.2 cm³/mol. The highest BCUT2D eigenvalue weighted by molar-refractivity contribution is 9.10. The van der Waals surface area contributed by atoms with Gasteiger partial charge in [-0.2, -0.15) is 11.3 Å². The molecule has 15 heavy (non-hydrogen) atoms. The third kappa shape index (κ3) is 2.51. The number of nitrogens with one attached hydrogen (secondary N) is 1. The van der Waals surface area contributed by atoms with E-state index in [0.717, 1.165) is 11.1 Å². The number of furan rings is 1. The molecule has 0 radical (unpaired) electrons. The highest BCUT2D eigenvalue weighted by atomic mass is 79.9. The van der Waals surface area contributed by atoms with Gasteiger partial charge < -0.3 is 9.73 Å². The lowest BCUT2D eigenvalue weighted by Crippen LogP contribution is -2.18. The second-order valence-corrected chi connectivity index (χ2v) is 4.83. The highest BCUT2D eigenvalue weighted by Crippen LogP contribution is 2.27. The molecule has 2 aromatic rings. The lowest BCUT2D eigenvalue weighted by Gasteiger charge is -2.13. The van der Waals surface area contributed by atoms with Gasteiger partial charge in [0.15, 0.2) is 4.67 Å². The molecule has 0 amide bonds. The number of halogens is 1. The van der Waals surface area contributed by atoms with Crippen LogP contribution in [-0.2, 0) is 6.42 Å². The van der Waals surface area contributed by atoms with E-state index in [1.165, 1.54) is 11.1 Å². The van der Waals surface area contributed by atoms with Crippen LogP contribution in [0.25, 0.3) is 0 Å². The Hall–Kier alpha value is -0.580. The zero-order chi connectivity index (χ0) is 10.7. The molecule has 0 saturated heterocycles. The summed E-state index contributed by atoms with van der Waals surface area (Å²) in [4.78, 5) is 0. The van der Waals surface area contributed by atoms with Crippen molar-refractivity contribution < 1.29 is 4.42 Å². The molecule has 0 saturated carbocycles. The maximum atomic E-state index is 5.25. The summed E-state index contributed by atoms with van der Waals surface area (Å²) in [6.07, 6.45) is 2.69. The van der Waals surface area contributed by atoms with Gasteiger partial charge in [0, 0.05) is 11.6 Å². The Morgan fingerprint density at radius 2 is 2.40 bits per heavy atom. The number of thiophene rings is 1. The van der Waals surface area contributed by atoms with E-state index in [4.69, 9.17) is 4.42 Å². The minimum absolute atomic E-state index is 0.299. The summed E-state index contributed by atoms with van der Waals surface area (Å²) in [6.45, 7) is 0. The second kappa shape index (κ2) is 4.96. The van der Waals surface area contributed by atoms with Crippen molar-refractivity contribution in [2.75, 3.05) is 7.05 Å². The molecule has 0 bridgehead atoms. The zero-order valence-corrected chi connectivity index (χ0v) is 10.8. The summed E-state index contributed by atoms with van der Waals surface area (Å²) in [7, 11) is 1.97. The van der Waals surface area contributed by atoms with E-state index in [-0.39, 0.29) is 0 Å². The average Bonchev–Trinajstić information content (AvgIpc) is 2.85. The summed E-state index contributed by atoms with van der Waals surface area (Å²) in [5.74, 6) is 0. The van der Waals surface area contributed by atoms with Gasteiger partial charge in [0.25, 0.3) is 0 Å². The molecule has 1 atom stereocenters. The molecule has 1 unspecified atom stereocenters. The third-order valence-corrected chi connectivity index (χ3v) is 3.77. The Kier molecular flexibility index (Phi) is 3.61. The van der Waals surface area contributed by atoms with Crippen molar-refractivity contribution in [2.45, 2.75) is 12.5 Å². The van der Waals surface area contributed by atoms with E-state index >= 15 is 0 Å². The Morgan fingerprint density at radius 1 is 1.53 bits per heavy atom. The molecule has 0 aliphatic rings. The fourth-order valence-electron chi connectivity index (χ4n) is 1.57. The van der Waals surface area contributed by atoms with Crippen LogP contribution in [0.2, 0.25) is 0 Å². The van der Waals surface area contributed by atoms with Crippen LogP contribution in [0.5, 0.6) is 0 Å². The van der Waals surface area contributed by atoms with Crippen LogP contribution < -0.4 is 5.32 Å². The van der Waals surface area contributed by atoms with E-state index in [9.17, 15) is 0 Å². The number of likely N-dealkylation sites (N-methyl/N-ethyl adjacent to an activating group) is 1. The largest absolute Gasteiger partial charge is 0.457 e. The fraction of sp³-hybridized carbons (Fsp3) is 0.273. The summed E-state index contributed by atoms with van der Waals surface area (Å²) in [5, 5.41) is 7.58. The quantitative estimate of drug-likeness (QED) is 0.929. The maximum Gasteiger partial charge on any atom is 0.173 e. The second-order valence-electron chi connectivity index (χ2n) is 3.33. The van der Waals surface area contributed by atoms with E-state index in [1.807, 2.05) is 13.1 Å². The Balaban J connectivity index is 2.15. The minimum Gasteiger partial charge on any atom is -0.457 e. The summed E-state index contributed by atoms with van der Waals surface area (Å²) in [6, 6.07) is 4.45. The molecular weight excluding hydrogens is 274 g/mol. The first-order chi connectivity index (χ1) is 7.31. The molecule has 0 aliphatic carbocycles. The summed E-state index contributed by atoms with van der Waals surface area (Å²) < 4.78 is 6.06. The lowest BCUT2D eigenvalue weighted by atomic mass is 10.0. The Bertz CT molecular complexity index is 410. The van der Waals surface area contributed by atoms with Gasteiger partial charge in [-0.25, -0.2) is 0 Å². The SMILES string of the molecule is CNC(Cc1ccsc1)c1ccoc1Br. The summed E-state index contributed by atoms with van der Waals surface area (Å²) in [5.41, 5.74) is 2.52. The molecule has 0 spiro atoms. The zero-order valence-electron chi connectivity index (χ0n) is 8.37. The van der Waals surface area contributed by atoms with E-state index < -0.39 is 0 Å². The van der Waals surface area contributed by atoms with Crippen LogP contribution in [0.3, 0.4) is 0 Å². The number of rotatable bonds is 4. The normalized spacial score (nSPS) is 12.9. The number of hydrogen-bond donors (Lipinski definition) is 1. The minimum atomic E-state index is 0.299. The van der Waals surface area contributed by atoms with E-state index in [1.54, 1.807) is 17.6 Å². The monoisotopic (exact) mass is 285 g/mol. The van der Waals surface area contributed by atoms with Crippen molar-refractivity contribution in [1.29, 1.82) is 0 Å². The van der Waals surface area contributed by atoms with Crippen molar-refractivity contribution in [3.63, 3.8) is 0 Å². The van der Waals surface area contributed by atoms with Crippen LogP contribution in [0.1, 0.15) is 17.2 Å². The lowest BCUT2D eigenvalue weighted by molar-refractivity contribution is 0.518. The third-order valence-electron chi connectivity index (χ3n) is 2.39. The van der Waals surface area contributed by atoms with Crippen molar-refractivity contribution in [3.8, 4) is 0 Å². The van der Waals surface area contributed by atoms with Crippen molar-refractivity contribution in [1.82, 2.24) is 5.32 Å². The fourth-order valence-corrected chi connectivity index (χ4v) is 2.76. The molecule has 2 nitrogen and oxygen atoms in total. The molecule has 80 valence electrons. The Morgan fingerprint density at radius 3 is 2.93 bits per heavy atom. The molecule has 1 N–H and O–H groups in total. The van der Waals surface area contributed by atoms with Gasteiger partial charge in [0.1, 0.15) is 0 Å². The predicted octanol–water partition coefficient (Wildman–Crippen LogP) is 3.61. The molecule has 2 aromatic heterocycles. The van der Waals surface area contributed by atoms with Crippen molar-refractivity contribution >= 4 is 27.3 Å². The van der Waals surface area contributed by atoms with Crippen LogP contribution in [0.4, 0.5) is 0 Å². The molecule has 0 aliphatic heterocycles. The van der Waals surface area contributed by atoms with Crippen LogP contribution >= 0.6 is 27.3 Å². The molecule has 0 aromatic carbocycles. The molecule has 2 rings (SSSR count). The van der Waals surface area contributed by atoms with Gasteiger partial charge in [0.2, 0.25) is 0 Å². The van der Waals surface area contributed by atoms with Gasteiger partial charge in [-0.3, -0.25) is 0 Å². The van der Waals surface area contributed by atoms with E-state index in [2.05, 4.69) is 38.1 Å². The van der Waals surface area contributed by atoms with E-state index in [0.29, 0.717) is 6.04 Å².